The van der Waals surface area contributed by atoms with Crippen LogP contribution in [0.4, 0.5) is 0 Å². The lowest BCUT2D eigenvalue weighted by molar-refractivity contribution is 0.286. The van der Waals surface area contributed by atoms with Gasteiger partial charge in [-0.05, 0) is 42.0 Å². The zero-order chi connectivity index (χ0) is 24.9. The molecule has 1 aromatic heterocycles. The van der Waals surface area contributed by atoms with Gasteiger partial charge in [-0.15, -0.1) is 0 Å². The molecule has 0 aliphatic carbocycles. The van der Waals surface area contributed by atoms with Crippen molar-refractivity contribution in [2.75, 3.05) is 6.61 Å². The van der Waals surface area contributed by atoms with E-state index in [-0.39, 0.29) is 0 Å². The van der Waals surface area contributed by atoms with Gasteiger partial charge in [0.25, 0.3) is 0 Å². The van der Waals surface area contributed by atoms with Crippen molar-refractivity contribution in [3.63, 3.8) is 0 Å². The van der Waals surface area contributed by atoms with Crippen molar-refractivity contribution in [2.45, 2.75) is 33.5 Å². The van der Waals surface area contributed by atoms with Gasteiger partial charge in [0.1, 0.15) is 36.3 Å². The van der Waals surface area contributed by atoms with Crippen LogP contribution >= 0.6 is 0 Å². The highest BCUT2D eigenvalue weighted by molar-refractivity contribution is 5.80. The van der Waals surface area contributed by atoms with E-state index in [9.17, 15) is 0 Å². The third kappa shape index (κ3) is 7.92. The van der Waals surface area contributed by atoms with Gasteiger partial charge in [-0.3, -0.25) is 0 Å². The molecule has 0 aliphatic heterocycles. The number of hydrazone groups is 1. The smallest absolute Gasteiger partial charge is 0.130 e. The highest BCUT2D eigenvalue weighted by atomic mass is 16.5. The summed E-state index contributed by atoms with van der Waals surface area (Å²) >= 11 is 0. The summed E-state index contributed by atoms with van der Waals surface area (Å²) in [5.41, 5.74) is 8.39. The van der Waals surface area contributed by atoms with Gasteiger partial charge in [-0.1, -0.05) is 56.3 Å². The molecule has 0 spiro atoms. The van der Waals surface area contributed by atoms with Crippen LogP contribution in [0.1, 0.15) is 31.5 Å². The molecular formula is C28H32N4O3. The largest absolute Gasteiger partial charge is 0.493 e. The van der Waals surface area contributed by atoms with Crippen LogP contribution < -0.4 is 25.8 Å². The van der Waals surface area contributed by atoms with Gasteiger partial charge in [-0.2, -0.15) is 5.10 Å². The average Bonchev–Trinajstić information content (AvgIpc) is 2.92. The molecule has 7 heteroatoms. The topological polar surface area (TPSA) is 105 Å². The third-order valence-corrected chi connectivity index (χ3v) is 4.95. The summed E-state index contributed by atoms with van der Waals surface area (Å²) in [7, 11) is 0. The monoisotopic (exact) mass is 472 g/mol. The molecule has 7 nitrogen and oxygen atoms in total. The molecular weight excluding hydrogens is 440 g/mol. The number of aromatic nitrogens is 1. The zero-order valence-electron chi connectivity index (χ0n) is 20.2. The first-order chi connectivity index (χ1) is 17.2. The number of nitrogens with two attached hydrogens (primary N) is 2. The Hall–Kier alpha value is -4.26. The van der Waals surface area contributed by atoms with Crippen LogP contribution in [0.25, 0.3) is 10.9 Å². The van der Waals surface area contributed by atoms with E-state index in [1.165, 1.54) is 0 Å². The first kappa shape index (κ1) is 25.4. The minimum atomic E-state index is 0.355. The molecule has 0 unspecified atom stereocenters. The molecule has 3 aromatic carbocycles. The second-order valence-electron chi connectivity index (χ2n) is 7.41. The van der Waals surface area contributed by atoms with Gasteiger partial charge in [-0.25, -0.2) is 4.98 Å². The Morgan fingerprint density at radius 3 is 2.23 bits per heavy atom. The SMILES string of the molecule is CC.N/N=C(\N)CCOc1cccc(COc2cccc(OCc3ccc4ccccc4n3)c2)c1. The van der Waals surface area contributed by atoms with Gasteiger partial charge in [0.05, 0.1) is 17.8 Å². The van der Waals surface area contributed by atoms with Crippen LogP contribution in [-0.4, -0.2) is 17.4 Å². The molecule has 0 aliphatic rings. The maximum absolute atomic E-state index is 5.95. The summed E-state index contributed by atoms with van der Waals surface area (Å²) in [5.74, 6) is 7.66. The average molecular weight is 473 g/mol. The molecule has 0 bridgehead atoms. The molecule has 0 amide bonds. The van der Waals surface area contributed by atoms with Crippen molar-refractivity contribution >= 4 is 16.7 Å². The zero-order valence-corrected chi connectivity index (χ0v) is 20.2. The molecule has 4 aromatic rings. The predicted octanol–water partition coefficient (Wildman–Crippen LogP) is 5.42. The fourth-order valence-electron chi connectivity index (χ4n) is 3.23. The second-order valence-corrected chi connectivity index (χ2v) is 7.41. The Balaban J connectivity index is 0.00000167. The summed E-state index contributed by atoms with van der Waals surface area (Å²) in [6.07, 6.45) is 0.471. The lowest BCUT2D eigenvalue weighted by atomic mass is 10.2. The maximum Gasteiger partial charge on any atom is 0.130 e. The van der Waals surface area contributed by atoms with E-state index in [4.69, 9.17) is 25.8 Å². The highest BCUT2D eigenvalue weighted by Crippen LogP contribution is 2.22. The lowest BCUT2D eigenvalue weighted by Gasteiger charge is -2.11. The van der Waals surface area contributed by atoms with Gasteiger partial charge in [0.2, 0.25) is 0 Å². The Kier molecular flexibility index (Phi) is 9.75. The number of rotatable bonds is 10. The van der Waals surface area contributed by atoms with E-state index in [1.54, 1.807) is 0 Å². The summed E-state index contributed by atoms with van der Waals surface area (Å²) in [4.78, 5) is 4.64. The predicted molar refractivity (Wildman–Crippen MR) is 141 cm³/mol. The molecule has 0 fully saturated rings. The highest BCUT2D eigenvalue weighted by Gasteiger charge is 2.04. The molecule has 1 heterocycles. The van der Waals surface area contributed by atoms with Gasteiger partial charge < -0.3 is 25.8 Å². The fourth-order valence-corrected chi connectivity index (χ4v) is 3.23. The minimum Gasteiger partial charge on any atom is -0.493 e. The molecule has 182 valence electrons. The van der Waals surface area contributed by atoms with Crippen molar-refractivity contribution in [2.24, 2.45) is 16.7 Å². The summed E-state index contributed by atoms with van der Waals surface area (Å²) in [5, 5.41) is 4.54. The number of hydrogen-bond donors (Lipinski definition) is 2. The van der Waals surface area contributed by atoms with E-state index in [1.807, 2.05) is 92.7 Å². The molecule has 0 saturated carbocycles. The Morgan fingerprint density at radius 2 is 1.46 bits per heavy atom. The number of benzene rings is 3. The van der Waals surface area contributed by atoms with E-state index >= 15 is 0 Å². The second kappa shape index (κ2) is 13.4. The van der Waals surface area contributed by atoms with Crippen LogP contribution in [0.2, 0.25) is 0 Å². The van der Waals surface area contributed by atoms with Crippen molar-refractivity contribution in [3.8, 4) is 17.2 Å². The quantitative estimate of drug-likeness (QED) is 0.138. The molecule has 0 radical (unpaired) electrons. The lowest BCUT2D eigenvalue weighted by Crippen LogP contribution is -2.17. The number of amidine groups is 1. The first-order valence-electron chi connectivity index (χ1n) is 11.6. The number of nitrogens with zero attached hydrogens (tertiary/aromatic N) is 2. The number of para-hydroxylation sites is 1. The van der Waals surface area contributed by atoms with Crippen LogP contribution in [-0.2, 0) is 13.2 Å². The standard InChI is InChI=1S/C26H26N4O3.C2H6/c27-26(30-28)13-14-31-22-7-3-5-19(15-22)17-32-23-8-4-9-24(16-23)33-18-21-12-11-20-6-1-2-10-25(20)29-21;1-2/h1-12,15-16H,13-14,17-18,28H2,(H2,27,30);1-2H3. The number of hydrogen-bond acceptors (Lipinski definition) is 6. The van der Waals surface area contributed by atoms with E-state index in [0.29, 0.717) is 32.1 Å². The maximum atomic E-state index is 5.95. The van der Waals surface area contributed by atoms with Crippen LogP contribution in [0.3, 0.4) is 0 Å². The molecule has 4 rings (SSSR count). The van der Waals surface area contributed by atoms with E-state index < -0.39 is 0 Å². The summed E-state index contributed by atoms with van der Waals surface area (Å²) < 4.78 is 17.6. The van der Waals surface area contributed by atoms with Crippen molar-refractivity contribution < 1.29 is 14.2 Å². The summed E-state index contributed by atoms with van der Waals surface area (Å²) in [6.45, 7) is 5.19. The summed E-state index contributed by atoms with van der Waals surface area (Å²) in [6, 6.07) is 27.4. The first-order valence-corrected chi connectivity index (χ1v) is 11.6. The third-order valence-electron chi connectivity index (χ3n) is 4.95. The molecule has 0 atom stereocenters. The molecule has 35 heavy (non-hydrogen) atoms. The molecule has 0 saturated heterocycles. The van der Waals surface area contributed by atoms with Crippen LogP contribution in [0.5, 0.6) is 17.2 Å². The number of fused-ring (bicyclic) bond motifs is 1. The van der Waals surface area contributed by atoms with E-state index in [0.717, 1.165) is 39.4 Å². The fraction of sp³-hybridized carbons (Fsp3) is 0.214. The van der Waals surface area contributed by atoms with Crippen molar-refractivity contribution in [1.82, 2.24) is 4.98 Å². The van der Waals surface area contributed by atoms with Crippen LogP contribution in [0, 0.1) is 0 Å². The van der Waals surface area contributed by atoms with Gasteiger partial charge in [0, 0.05) is 17.9 Å². The Bertz CT molecular complexity index is 1240. The van der Waals surface area contributed by atoms with Gasteiger partial charge in [0.15, 0.2) is 0 Å². The normalized spacial score (nSPS) is 10.9. The molecule has 4 N–H and O–H groups in total. The number of ether oxygens (including phenoxy) is 3. The minimum absolute atomic E-state index is 0.355. The van der Waals surface area contributed by atoms with Crippen LogP contribution in [0.15, 0.2) is 90.0 Å². The number of pyridine rings is 1. The Morgan fingerprint density at radius 1 is 0.771 bits per heavy atom. The van der Waals surface area contributed by atoms with Crippen molar-refractivity contribution in [3.05, 3.63) is 96.2 Å². The van der Waals surface area contributed by atoms with E-state index in [2.05, 4.69) is 16.2 Å². The Labute approximate surface area is 206 Å². The van der Waals surface area contributed by atoms with Gasteiger partial charge >= 0.3 is 0 Å². The van der Waals surface area contributed by atoms with Crippen molar-refractivity contribution in [1.29, 1.82) is 0 Å².